The summed E-state index contributed by atoms with van der Waals surface area (Å²) in [5, 5.41) is 6.59. The number of amides is 1. The molecular weight excluding hydrogens is 218 g/mol. The number of aryl methyl sites for hydroxylation is 1. The molecule has 1 atom stereocenters. The van der Waals surface area contributed by atoms with E-state index in [1.54, 1.807) is 6.07 Å². The Bertz CT molecular complexity index is 450. The highest BCUT2D eigenvalue weighted by Crippen LogP contribution is 2.54. The summed E-state index contributed by atoms with van der Waals surface area (Å²) >= 11 is 0. The SMILES string of the molecule is Cc1cc(NC(=O)C2CC3(CC3)CN2C)no1. The average Bonchev–Trinajstić information content (AvgIpc) is 2.75. The van der Waals surface area contributed by atoms with Crippen LogP contribution in [0.2, 0.25) is 0 Å². The lowest BCUT2D eigenvalue weighted by Gasteiger charge is -2.17. The number of hydrogen-bond donors (Lipinski definition) is 1. The van der Waals surface area contributed by atoms with Gasteiger partial charge in [0.2, 0.25) is 5.91 Å². The number of likely N-dealkylation sites (tertiary alicyclic amines) is 1. The zero-order valence-electron chi connectivity index (χ0n) is 10.2. The van der Waals surface area contributed by atoms with Gasteiger partial charge in [0.1, 0.15) is 5.76 Å². The summed E-state index contributed by atoms with van der Waals surface area (Å²) in [6.45, 7) is 2.85. The molecule has 0 radical (unpaired) electrons. The molecule has 2 heterocycles. The van der Waals surface area contributed by atoms with Crippen molar-refractivity contribution in [1.82, 2.24) is 10.1 Å². The number of carbonyl (C=O) groups is 1. The lowest BCUT2D eigenvalue weighted by atomic mass is 10.0. The van der Waals surface area contributed by atoms with Gasteiger partial charge >= 0.3 is 0 Å². The van der Waals surface area contributed by atoms with Crippen LogP contribution in [-0.2, 0) is 4.79 Å². The maximum atomic E-state index is 12.1. The topological polar surface area (TPSA) is 58.4 Å². The number of rotatable bonds is 2. The van der Waals surface area contributed by atoms with Crippen LogP contribution in [0.25, 0.3) is 0 Å². The van der Waals surface area contributed by atoms with Crippen LogP contribution in [0.15, 0.2) is 10.6 Å². The van der Waals surface area contributed by atoms with Gasteiger partial charge in [0, 0.05) is 12.6 Å². The summed E-state index contributed by atoms with van der Waals surface area (Å²) in [4.78, 5) is 14.3. The number of hydrogen-bond acceptors (Lipinski definition) is 4. The molecule has 1 saturated heterocycles. The average molecular weight is 235 g/mol. The van der Waals surface area contributed by atoms with E-state index in [0.717, 1.165) is 13.0 Å². The van der Waals surface area contributed by atoms with E-state index in [1.807, 2.05) is 14.0 Å². The van der Waals surface area contributed by atoms with E-state index in [9.17, 15) is 4.79 Å². The number of anilines is 1. The first-order valence-electron chi connectivity index (χ1n) is 6.02. The van der Waals surface area contributed by atoms with E-state index < -0.39 is 0 Å². The molecule has 5 heteroatoms. The number of likely N-dealkylation sites (N-methyl/N-ethyl adjacent to an activating group) is 1. The van der Waals surface area contributed by atoms with Gasteiger partial charge in [-0.25, -0.2) is 0 Å². The van der Waals surface area contributed by atoms with Crippen molar-refractivity contribution in [3.05, 3.63) is 11.8 Å². The maximum absolute atomic E-state index is 12.1. The number of carbonyl (C=O) groups excluding carboxylic acids is 1. The molecule has 0 bridgehead atoms. The van der Waals surface area contributed by atoms with Gasteiger partial charge in [-0.3, -0.25) is 9.69 Å². The van der Waals surface area contributed by atoms with Gasteiger partial charge in [-0.05, 0) is 38.6 Å². The zero-order valence-corrected chi connectivity index (χ0v) is 10.2. The molecule has 1 spiro atoms. The molecule has 0 aromatic carbocycles. The smallest absolute Gasteiger partial charge is 0.242 e. The molecule has 1 saturated carbocycles. The van der Waals surface area contributed by atoms with Crippen molar-refractivity contribution in [3.8, 4) is 0 Å². The summed E-state index contributed by atoms with van der Waals surface area (Å²) in [5.74, 6) is 1.25. The summed E-state index contributed by atoms with van der Waals surface area (Å²) in [7, 11) is 2.02. The molecule has 2 fully saturated rings. The highest BCUT2D eigenvalue weighted by molar-refractivity contribution is 5.94. The second-order valence-electron chi connectivity index (χ2n) is 5.45. The lowest BCUT2D eigenvalue weighted by molar-refractivity contribution is -0.120. The van der Waals surface area contributed by atoms with Crippen LogP contribution < -0.4 is 5.32 Å². The van der Waals surface area contributed by atoms with Crippen LogP contribution in [0.3, 0.4) is 0 Å². The summed E-state index contributed by atoms with van der Waals surface area (Å²) < 4.78 is 4.93. The fraction of sp³-hybridized carbons (Fsp3) is 0.667. The first-order valence-corrected chi connectivity index (χ1v) is 6.02. The fourth-order valence-electron chi connectivity index (χ4n) is 2.74. The predicted molar refractivity (Wildman–Crippen MR) is 62.6 cm³/mol. The molecule has 1 amide bonds. The molecule has 1 N–H and O–H groups in total. The van der Waals surface area contributed by atoms with Crippen molar-refractivity contribution in [2.45, 2.75) is 32.2 Å². The van der Waals surface area contributed by atoms with E-state index in [1.165, 1.54) is 12.8 Å². The second kappa shape index (κ2) is 3.57. The minimum absolute atomic E-state index is 0.0190. The molecule has 1 aromatic rings. The third-order valence-corrected chi connectivity index (χ3v) is 3.88. The number of aromatic nitrogens is 1. The third kappa shape index (κ3) is 1.95. The molecule has 3 rings (SSSR count). The second-order valence-corrected chi connectivity index (χ2v) is 5.45. The van der Waals surface area contributed by atoms with E-state index in [-0.39, 0.29) is 11.9 Å². The Labute approximate surface area is 100 Å². The summed E-state index contributed by atoms with van der Waals surface area (Å²) in [6, 6.07) is 1.72. The van der Waals surface area contributed by atoms with Crippen molar-refractivity contribution in [3.63, 3.8) is 0 Å². The van der Waals surface area contributed by atoms with Crippen LogP contribution in [-0.4, -0.2) is 35.6 Å². The van der Waals surface area contributed by atoms with Gasteiger partial charge in [-0.2, -0.15) is 0 Å². The normalized spacial score (nSPS) is 26.4. The van der Waals surface area contributed by atoms with Crippen molar-refractivity contribution in [2.24, 2.45) is 5.41 Å². The molecule has 2 aliphatic rings. The lowest BCUT2D eigenvalue weighted by Crippen LogP contribution is -2.37. The van der Waals surface area contributed by atoms with E-state index in [4.69, 9.17) is 4.52 Å². The molecule has 1 aliphatic heterocycles. The van der Waals surface area contributed by atoms with Crippen LogP contribution in [0.5, 0.6) is 0 Å². The Morgan fingerprint density at radius 2 is 2.41 bits per heavy atom. The Kier molecular flexibility index (Phi) is 2.26. The highest BCUT2D eigenvalue weighted by Gasteiger charge is 2.52. The van der Waals surface area contributed by atoms with Crippen LogP contribution in [0.4, 0.5) is 5.82 Å². The minimum atomic E-state index is -0.0190. The standard InChI is InChI=1S/C12H17N3O2/c1-8-5-10(14-17-8)13-11(16)9-6-12(3-4-12)7-15(9)2/h5,9H,3-4,6-7H2,1-2H3,(H,13,14,16). The molecule has 5 nitrogen and oxygen atoms in total. The Balaban J connectivity index is 1.66. The van der Waals surface area contributed by atoms with Crippen LogP contribution >= 0.6 is 0 Å². The number of nitrogens with zero attached hydrogens (tertiary/aromatic N) is 2. The molecular formula is C12H17N3O2. The van der Waals surface area contributed by atoms with E-state index >= 15 is 0 Å². The summed E-state index contributed by atoms with van der Waals surface area (Å²) in [6.07, 6.45) is 3.51. The Morgan fingerprint density at radius 1 is 1.65 bits per heavy atom. The first kappa shape index (κ1) is 10.8. The Morgan fingerprint density at radius 3 is 2.94 bits per heavy atom. The Hall–Kier alpha value is -1.36. The van der Waals surface area contributed by atoms with Crippen LogP contribution in [0, 0.1) is 12.3 Å². The van der Waals surface area contributed by atoms with Crippen molar-refractivity contribution in [1.29, 1.82) is 0 Å². The largest absolute Gasteiger partial charge is 0.360 e. The van der Waals surface area contributed by atoms with Gasteiger partial charge in [-0.15, -0.1) is 0 Å². The highest BCUT2D eigenvalue weighted by atomic mass is 16.5. The monoisotopic (exact) mass is 235 g/mol. The quantitative estimate of drug-likeness (QED) is 0.842. The van der Waals surface area contributed by atoms with Gasteiger partial charge in [0.25, 0.3) is 0 Å². The summed E-state index contributed by atoms with van der Waals surface area (Å²) in [5.41, 5.74) is 0.441. The van der Waals surface area contributed by atoms with Gasteiger partial charge < -0.3 is 9.84 Å². The van der Waals surface area contributed by atoms with Gasteiger partial charge in [0.05, 0.1) is 6.04 Å². The van der Waals surface area contributed by atoms with Crippen LogP contribution in [0.1, 0.15) is 25.0 Å². The third-order valence-electron chi connectivity index (χ3n) is 3.88. The van der Waals surface area contributed by atoms with Crippen molar-refractivity contribution >= 4 is 11.7 Å². The molecule has 1 unspecified atom stereocenters. The molecule has 1 aliphatic carbocycles. The zero-order chi connectivity index (χ0) is 12.0. The van der Waals surface area contributed by atoms with Gasteiger partial charge in [-0.1, -0.05) is 5.16 Å². The fourth-order valence-corrected chi connectivity index (χ4v) is 2.74. The van der Waals surface area contributed by atoms with E-state index in [0.29, 0.717) is 17.0 Å². The first-order chi connectivity index (χ1) is 8.08. The number of nitrogens with one attached hydrogen (secondary N) is 1. The van der Waals surface area contributed by atoms with Crippen molar-refractivity contribution in [2.75, 3.05) is 18.9 Å². The molecule has 17 heavy (non-hydrogen) atoms. The van der Waals surface area contributed by atoms with E-state index in [2.05, 4.69) is 15.4 Å². The van der Waals surface area contributed by atoms with Gasteiger partial charge in [0.15, 0.2) is 5.82 Å². The van der Waals surface area contributed by atoms with Crippen molar-refractivity contribution < 1.29 is 9.32 Å². The predicted octanol–water partition coefficient (Wildman–Crippen LogP) is 1.41. The minimum Gasteiger partial charge on any atom is -0.360 e. The maximum Gasteiger partial charge on any atom is 0.242 e. The molecule has 1 aromatic heterocycles. The molecule has 92 valence electrons.